The third kappa shape index (κ3) is 3.01. The van der Waals surface area contributed by atoms with Gasteiger partial charge in [-0.2, -0.15) is 0 Å². The zero-order valence-corrected chi connectivity index (χ0v) is 10.7. The molecular weight excluding hydrogens is 295 g/mol. The summed E-state index contributed by atoms with van der Waals surface area (Å²) in [6.45, 7) is 0. The molecule has 0 unspecified atom stereocenters. The SMILES string of the molecule is Nc1cnc(Oc2c(Cl)cc([N+](=O)[O-])cc2Cl)cn1. The molecule has 0 spiro atoms. The van der Waals surface area contributed by atoms with Gasteiger partial charge in [0, 0.05) is 12.1 Å². The van der Waals surface area contributed by atoms with Gasteiger partial charge in [-0.05, 0) is 0 Å². The van der Waals surface area contributed by atoms with Crippen LogP contribution in [-0.4, -0.2) is 14.9 Å². The maximum atomic E-state index is 10.6. The molecule has 0 saturated carbocycles. The van der Waals surface area contributed by atoms with Crippen molar-refractivity contribution in [2.45, 2.75) is 0 Å². The van der Waals surface area contributed by atoms with Crippen LogP contribution in [0.5, 0.6) is 11.6 Å². The number of nitro benzene ring substituents is 1. The Kier molecular flexibility index (Phi) is 3.68. The second kappa shape index (κ2) is 5.25. The van der Waals surface area contributed by atoms with Gasteiger partial charge in [-0.3, -0.25) is 10.1 Å². The van der Waals surface area contributed by atoms with Crippen molar-refractivity contribution in [3.05, 3.63) is 44.7 Å². The average Bonchev–Trinajstić information content (AvgIpc) is 2.35. The number of halogens is 2. The summed E-state index contributed by atoms with van der Waals surface area (Å²) < 4.78 is 5.31. The van der Waals surface area contributed by atoms with Crippen LogP contribution < -0.4 is 10.5 Å². The van der Waals surface area contributed by atoms with Gasteiger partial charge in [-0.15, -0.1) is 0 Å². The van der Waals surface area contributed by atoms with Crippen molar-refractivity contribution in [3.63, 3.8) is 0 Å². The van der Waals surface area contributed by atoms with Crippen molar-refractivity contribution >= 4 is 34.7 Å². The summed E-state index contributed by atoms with van der Waals surface area (Å²) in [6.07, 6.45) is 2.58. The summed E-state index contributed by atoms with van der Waals surface area (Å²) >= 11 is 11.7. The number of hydrogen-bond acceptors (Lipinski definition) is 6. The Balaban J connectivity index is 2.35. The van der Waals surface area contributed by atoms with Gasteiger partial charge in [0.15, 0.2) is 5.75 Å². The number of non-ortho nitro benzene ring substituents is 1. The van der Waals surface area contributed by atoms with E-state index < -0.39 is 4.92 Å². The molecular formula is C10H6Cl2N4O3. The van der Waals surface area contributed by atoms with E-state index in [1.807, 2.05) is 0 Å². The zero-order chi connectivity index (χ0) is 14.0. The first-order valence-electron chi connectivity index (χ1n) is 4.86. The van der Waals surface area contributed by atoms with Crippen LogP contribution in [0.15, 0.2) is 24.5 Å². The largest absolute Gasteiger partial charge is 0.434 e. The fraction of sp³-hybridized carbons (Fsp3) is 0. The minimum atomic E-state index is -0.607. The van der Waals surface area contributed by atoms with E-state index in [2.05, 4.69) is 9.97 Å². The topological polar surface area (TPSA) is 104 Å². The monoisotopic (exact) mass is 300 g/mol. The summed E-state index contributed by atoms with van der Waals surface area (Å²) in [6, 6.07) is 2.26. The minimum Gasteiger partial charge on any atom is -0.434 e. The second-order valence-electron chi connectivity index (χ2n) is 3.38. The first-order chi connectivity index (χ1) is 8.97. The highest BCUT2D eigenvalue weighted by Crippen LogP contribution is 2.38. The zero-order valence-electron chi connectivity index (χ0n) is 9.21. The second-order valence-corrected chi connectivity index (χ2v) is 4.19. The highest BCUT2D eigenvalue weighted by Gasteiger charge is 2.16. The Hall–Kier alpha value is -2.12. The molecule has 0 aliphatic heterocycles. The molecule has 2 N–H and O–H groups in total. The molecule has 1 aromatic carbocycles. The molecule has 98 valence electrons. The number of nitrogen functional groups attached to an aromatic ring is 1. The third-order valence-corrected chi connectivity index (χ3v) is 2.61. The lowest BCUT2D eigenvalue weighted by Crippen LogP contribution is -1.95. The Morgan fingerprint density at radius 3 is 2.32 bits per heavy atom. The highest BCUT2D eigenvalue weighted by molar-refractivity contribution is 6.37. The van der Waals surface area contributed by atoms with Gasteiger partial charge in [0.25, 0.3) is 5.69 Å². The summed E-state index contributed by atoms with van der Waals surface area (Å²) in [4.78, 5) is 17.6. The van der Waals surface area contributed by atoms with Gasteiger partial charge in [0.05, 0.1) is 27.4 Å². The number of ether oxygens (including phenoxy) is 1. The van der Waals surface area contributed by atoms with Crippen LogP contribution in [0.1, 0.15) is 0 Å². The maximum Gasteiger partial charge on any atom is 0.272 e. The quantitative estimate of drug-likeness (QED) is 0.690. The maximum absolute atomic E-state index is 10.6. The molecule has 0 amide bonds. The molecule has 7 nitrogen and oxygen atoms in total. The Bertz CT molecular complexity index is 610. The Labute approximate surface area is 117 Å². The number of nitrogens with zero attached hydrogens (tertiary/aromatic N) is 3. The van der Waals surface area contributed by atoms with Crippen molar-refractivity contribution in [1.29, 1.82) is 0 Å². The fourth-order valence-corrected chi connectivity index (χ4v) is 1.79. The standard InChI is InChI=1S/C10H6Cl2N4O3/c11-6-1-5(16(17)18)2-7(12)10(6)19-9-4-14-8(13)3-15-9/h1-4H,(H2,13,14). The molecule has 0 radical (unpaired) electrons. The van der Waals surface area contributed by atoms with Crippen LogP contribution in [0.25, 0.3) is 0 Å². The molecule has 1 aromatic heterocycles. The number of rotatable bonds is 3. The lowest BCUT2D eigenvalue weighted by molar-refractivity contribution is -0.384. The normalized spacial score (nSPS) is 10.2. The molecule has 2 aromatic rings. The van der Waals surface area contributed by atoms with E-state index in [1.165, 1.54) is 12.4 Å². The van der Waals surface area contributed by atoms with Crippen LogP contribution in [0.3, 0.4) is 0 Å². The number of hydrogen-bond donors (Lipinski definition) is 1. The first kappa shape index (κ1) is 13.3. The van der Waals surface area contributed by atoms with Crippen molar-refractivity contribution in [2.24, 2.45) is 0 Å². The van der Waals surface area contributed by atoms with Gasteiger partial charge in [-0.1, -0.05) is 23.2 Å². The number of benzene rings is 1. The van der Waals surface area contributed by atoms with E-state index in [0.29, 0.717) is 0 Å². The van der Waals surface area contributed by atoms with Crippen molar-refractivity contribution in [1.82, 2.24) is 9.97 Å². The van der Waals surface area contributed by atoms with Crippen LogP contribution in [-0.2, 0) is 0 Å². The molecule has 0 atom stereocenters. The molecule has 0 fully saturated rings. The molecule has 2 rings (SSSR count). The molecule has 19 heavy (non-hydrogen) atoms. The molecule has 0 aliphatic carbocycles. The Morgan fingerprint density at radius 1 is 1.21 bits per heavy atom. The van der Waals surface area contributed by atoms with E-state index in [9.17, 15) is 10.1 Å². The van der Waals surface area contributed by atoms with E-state index in [1.54, 1.807) is 0 Å². The number of nitro groups is 1. The molecule has 0 saturated heterocycles. The summed E-state index contributed by atoms with van der Waals surface area (Å²) in [5, 5.41) is 10.6. The predicted molar refractivity (Wildman–Crippen MR) is 69.6 cm³/mol. The highest BCUT2D eigenvalue weighted by atomic mass is 35.5. The van der Waals surface area contributed by atoms with E-state index >= 15 is 0 Å². The number of anilines is 1. The van der Waals surface area contributed by atoms with Crippen molar-refractivity contribution in [3.8, 4) is 11.6 Å². The molecule has 0 aliphatic rings. The van der Waals surface area contributed by atoms with Crippen LogP contribution in [0.2, 0.25) is 10.0 Å². The number of nitrogens with two attached hydrogens (primary N) is 1. The fourth-order valence-electron chi connectivity index (χ4n) is 1.23. The summed E-state index contributed by atoms with van der Waals surface area (Å²) in [5.74, 6) is 0.410. The van der Waals surface area contributed by atoms with Crippen molar-refractivity contribution in [2.75, 3.05) is 5.73 Å². The summed E-state index contributed by atoms with van der Waals surface area (Å²) in [7, 11) is 0. The van der Waals surface area contributed by atoms with Crippen molar-refractivity contribution < 1.29 is 9.66 Å². The van der Waals surface area contributed by atoms with E-state index in [0.717, 1.165) is 12.1 Å². The molecule has 1 heterocycles. The minimum absolute atomic E-state index is 0.00201. The smallest absolute Gasteiger partial charge is 0.272 e. The van der Waals surface area contributed by atoms with Gasteiger partial charge in [0.1, 0.15) is 5.82 Å². The van der Waals surface area contributed by atoms with Crippen LogP contribution >= 0.6 is 23.2 Å². The summed E-state index contributed by atoms with van der Waals surface area (Å²) in [5.41, 5.74) is 5.15. The van der Waals surface area contributed by atoms with E-state index in [-0.39, 0.29) is 33.2 Å². The van der Waals surface area contributed by atoms with Crippen LogP contribution in [0.4, 0.5) is 11.5 Å². The molecule has 9 heteroatoms. The lowest BCUT2D eigenvalue weighted by Gasteiger charge is -2.08. The first-order valence-corrected chi connectivity index (χ1v) is 5.62. The van der Waals surface area contributed by atoms with Gasteiger partial charge in [-0.25, -0.2) is 9.97 Å². The predicted octanol–water partition coefficient (Wildman–Crippen LogP) is 3.07. The number of aromatic nitrogens is 2. The lowest BCUT2D eigenvalue weighted by atomic mass is 10.3. The Morgan fingerprint density at radius 2 is 1.84 bits per heavy atom. The molecule has 0 bridgehead atoms. The average molecular weight is 301 g/mol. The van der Waals surface area contributed by atoms with Gasteiger partial charge >= 0.3 is 0 Å². The van der Waals surface area contributed by atoms with Crippen LogP contribution in [0, 0.1) is 10.1 Å². The van der Waals surface area contributed by atoms with E-state index in [4.69, 9.17) is 33.7 Å². The van der Waals surface area contributed by atoms with Gasteiger partial charge in [0.2, 0.25) is 5.88 Å². The third-order valence-electron chi connectivity index (χ3n) is 2.05. The van der Waals surface area contributed by atoms with Gasteiger partial charge < -0.3 is 10.5 Å².